The third-order valence-electron chi connectivity index (χ3n) is 3.87. The summed E-state index contributed by atoms with van der Waals surface area (Å²) in [6.07, 6.45) is 1.74. The zero-order valence-electron chi connectivity index (χ0n) is 14.5. The van der Waals surface area contributed by atoms with Crippen LogP contribution in [-0.4, -0.2) is 12.8 Å². The fraction of sp³-hybridized carbons (Fsp3) is 0.0435. The lowest BCUT2D eigenvalue weighted by Gasteiger charge is -2.08. The molecular weight excluding hydrogens is 320 g/mol. The van der Waals surface area contributed by atoms with E-state index in [0.717, 1.165) is 22.4 Å². The van der Waals surface area contributed by atoms with E-state index in [1.54, 1.807) is 13.2 Å². The van der Waals surface area contributed by atoms with Gasteiger partial charge in [0.15, 0.2) is 0 Å². The highest BCUT2D eigenvalue weighted by molar-refractivity contribution is 6.13. The van der Waals surface area contributed by atoms with E-state index in [0.29, 0.717) is 11.4 Å². The predicted octanol–water partition coefficient (Wildman–Crippen LogP) is 5.10. The highest BCUT2D eigenvalue weighted by atomic mass is 16.5. The number of aliphatic imine (C=N–C) groups is 1. The summed E-state index contributed by atoms with van der Waals surface area (Å²) >= 11 is 0. The molecule has 0 aliphatic carbocycles. The quantitative estimate of drug-likeness (QED) is 0.480. The predicted molar refractivity (Wildman–Crippen MR) is 105 cm³/mol. The molecule has 3 nitrogen and oxygen atoms in total. The maximum atomic E-state index is 9.63. The Kier molecular flexibility index (Phi) is 5.59. The van der Waals surface area contributed by atoms with Crippen LogP contribution >= 0.6 is 0 Å². The van der Waals surface area contributed by atoms with Gasteiger partial charge in [-0.1, -0.05) is 78.9 Å². The van der Waals surface area contributed by atoms with Crippen molar-refractivity contribution >= 4 is 11.8 Å². The van der Waals surface area contributed by atoms with Gasteiger partial charge < -0.3 is 4.74 Å². The summed E-state index contributed by atoms with van der Waals surface area (Å²) in [5.41, 5.74) is 3.81. The summed E-state index contributed by atoms with van der Waals surface area (Å²) in [4.78, 5) is 4.67. The Bertz CT molecular complexity index is 926. The number of nitrogens with zero attached hydrogens (tertiary/aromatic N) is 2. The van der Waals surface area contributed by atoms with Gasteiger partial charge in [-0.05, 0) is 12.1 Å². The molecule has 0 radical (unpaired) electrons. The Labute approximate surface area is 153 Å². The topological polar surface area (TPSA) is 45.4 Å². The van der Waals surface area contributed by atoms with Crippen LogP contribution in [0.4, 0.5) is 0 Å². The highest BCUT2D eigenvalue weighted by Gasteiger charge is 2.08. The van der Waals surface area contributed by atoms with Crippen molar-refractivity contribution in [3.05, 3.63) is 107 Å². The first-order valence-corrected chi connectivity index (χ1v) is 8.26. The average Bonchev–Trinajstić information content (AvgIpc) is 2.72. The molecule has 3 aromatic rings. The molecule has 0 bridgehead atoms. The SMILES string of the molecule is COc1ccccc1/C=C(/C#N)N=C(c1ccccc1)c1ccccc1. The standard InChI is InChI=1S/C23H18N2O/c1-26-22-15-9-8-14-20(22)16-21(17-24)25-23(18-10-4-2-5-11-18)19-12-6-3-7-13-19/h2-16H,1H3/b21-16-. The van der Waals surface area contributed by atoms with Crippen LogP contribution in [-0.2, 0) is 0 Å². The van der Waals surface area contributed by atoms with Gasteiger partial charge >= 0.3 is 0 Å². The van der Waals surface area contributed by atoms with E-state index in [2.05, 4.69) is 11.1 Å². The molecule has 0 spiro atoms. The third kappa shape index (κ3) is 4.06. The van der Waals surface area contributed by atoms with Crippen LogP contribution in [0.25, 0.3) is 6.08 Å². The van der Waals surface area contributed by atoms with Gasteiger partial charge in [0.1, 0.15) is 17.5 Å². The molecule has 0 N–H and O–H groups in total. The van der Waals surface area contributed by atoms with E-state index < -0.39 is 0 Å². The smallest absolute Gasteiger partial charge is 0.141 e. The van der Waals surface area contributed by atoms with E-state index in [9.17, 15) is 5.26 Å². The molecule has 0 amide bonds. The number of allylic oxidation sites excluding steroid dienone is 1. The van der Waals surface area contributed by atoms with E-state index in [1.807, 2.05) is 84.9 Å². The van der Waals surface area contributed by atoms with Crippen LogP contribution in [0.15, 0.2) is 95.6 Å². The monoisotopic (exact) mass is 338 g/mol. The average molecular weight is 338 g/mol. The number of benzene rings is 3. The van der Waals surface area contributed by atoms with Gasteiger partial charge in [-0.2, -0.15) is 5.26 Å². The number of hydrogen-bond acceptors (Lipinski definition) is 3. The second kappa shape index (κ2) is 8.46. The summed E-state index contributed by atoms with van der Waals surface area (Å²) in [5, 5.41) is 9.63. The second-order valence-corrected chi connectivity index (χ2v) is 5.58. The molecule has 0 aliphatic rings. The van der Waals surface area contributed by atoms with Crippen molar-refractivity contribution in [2.45, 2.75) is 0 Å². The molecule has 0 unspecified atom stereocenters. The van der Waals surface area contributed by atoms with E-state index in [1.165, 1.54) is 0 Å². The van der Waals surface area contributed by atoms with Crippen molar-refractivity contribution in [3.63, 3.8) is 0 Å². The second-order valence-electron chi connectivity index (χ2n) is 5.58. The molecule has 3 heteroatoms. The van der Waals surface area contributed by atoms with Crippen LogP contribution in [0.3, 0.4) is 0 Å². The Balaban J connectivity index is 2.12. The Morgan fingerprint density at radius 2 is 1.38 bits per heavy atom. The molecule has 0 saturated heterocycles. The first kappa shape index (κ1) is 17.2. The summed E-state index contributed by atoms with van der Waals surface area (Å²) in [6, 6.07) is 29.5. The molecular formula is C23H18N2O. The summed E-state index contributed by atoms with van der Waals surface area (Å²) in [6.45, 7) is 0. The Morgan fingerprint density at radius 3 is 1.92 bits per heavy atom. The number of hydrogen-bond donors (Lipinski definition) is 0. The largest absolute Gasteiger partial charge is 0.496 e. The fourth-order valence-electron chi connectivity index (χ4n) is 2.63. The van der Waals surface area contributed by atoms with E-state index >= 15 is 0 Å². The molecule has 126 valence electrons. The molecule has 0 saturated carbocycles. The van der Waals surface area contributed by atoms with E-state index in [4.69, 9.17) is 4.74 Å². The molecule has 0 aromatic heterocycles. The van der Waals surface area contributed by atoms with Gasteiger partial charge in [0, 0.05) is 16.7 Å². The number of methoxy groups -OCH3 is 1. The van der Waals surface area contributed by atoms with Gasteiger partial charge in [-0.3, -0.25) is 0 Å². The zero-order chi connectivity index (χ0) is 18.2. The minimum Gasteiger partial charge on any atom is -0.496 e. The fourth-order valence-corrected chi connectivity index (χ4v) is 2.63. The molecule has 0 fully saturated rings. The number of ether oxygens (including phenoxy) is 1. The van der Waals surface area contributed by atoms with Crippen molar-refractivity contribution in [2.24, 2.45) is 4.99 Å². The van der Waals surface area contributed by atoms with Crippen molar-refractivity contribution in [1.82, 2.24) is 0 Å². The van der Waals surface area contributed by atoms with Crippen LogP contribution < -0.4 is 4.74 Å². The molecule has 26 heavy (non-hydrogen) atoms. The molecule has 3 rings (SSSR count). The minimum atomic E-state index is 0.317. The molecule has 0 heterocycles. The molecule has 0 aliphatic heterocycles. The normalized spacial score (nSPS) is 10.7. The van der Waals surface area contributed by atoms with Crippen molar-refractivity contribution in [1.29, 1.82) is 5.26 Å². The molecule has 3 aromatic carbocycles. The number of rotatable bonds is 5. The Morgan fingerprint density at radius 1 is 0.846 bits per heavy atom. The van der Waals surface area contributed by atoms with Crippen LogP contribution in [0.2, 0.25) is 0 Å². The first-order valence-electron chi connectivity index (χ1n) is 8.26. The van der Waals surface area contributed by atoms with Crippen molar-refractivity contribution < 1.29 is 4.74 Å². The lowest BCUT2D eigenvalue weighted by molar-refractivity contribution is 0.414. The van der Waals surface area contributed by atoms with Gasteiger partial charge in [-0.25, -0.2) is 4.99 Å². The zero-order valence-corrected chi connectivity index (χ0v) is 14.5. The minimum absolute atomic E-state index is 0.317. The number of nitriles is 1. The van der Waals surface area contributed by atoms with Gasteiger partial charge in [0.25, 0.3) is 0 Å². The van der Waals surface area contributed by atoms with E-state index in [-0.39, 0.29) is 0 Å². The van der Waals surface area contributed by atoms with Gasteiger partial charge in [0.2, 0.25) is 0 Å². The molecule has 0 atom stereocenters. The van der Waals surface area contributed by atoms with Crippen LogP contribution in [0.5, 0.6) is 5.75 Å². The first-order chi connectivity index (χ1) is 12.8. The summed E-state index contributed by atoms with van der Waals surface area (Å²) in [5.74, 6) is 0.705. The summed E-state index contributed by atoms with van der Waals surface area (Å²) < 4.78 is 5.36. The van der Waals surface area contributed by atoms with Crippen molar-refractivity contribution in [2.75, 3.05) is 7.11 Å². The van der Waals surface area contributed by atoms with Crippen LogP contribution in [0.1, 0.15) is 16.7 Å². The lowest BCUT2D eigenvalue weighted by atomic mass is 10.0. The lowest BCUT2D eigenvalue weighted by Crippen LogP contribution is -2.03. The van der Waals surface area contributed by atoms with Gasteiger partial charge in [0.05, 0.1) is 12.8 Å². The van der Waals surface area contributed by atoms with Crippen molar-refractivity contribution in [3.8, 4) is 11.8 Å². The van der Waals surface area contributed by atoms with Crippen LogP contribution in [0, 0.1) is 11.3 Å². The number of para-hydroxylation sites is 1. The summed E-state index contributed by atoms with van der Waals surface area (Å²) in [7, 11) is 1.61. The highest BCUT2D eigenvalue weighted by Crippen LogP contribution is 2.21. The Hall–Kier alpha value is -3.64. The maximum absolute atomic E-state index is 9.63. The van der Waals surface area contributed by atoms with Gasteiger partial charge in [-0.15, -0.1) is 0 Å². The maximum Gasteiger partial charge on any atom is 0.141 e. The third-order valence-corrected chi connectivity index (χ3v) is 3.87.